The first-order chi connectivity index (χ1) is 7.22. The van der Waals surface area contributed by atoms with Gasteiger partial charge in [0.1, 0.15) is 5.75 Å². The third-order valence-corrected chi connectivity index (χ3v) is 2.26. The van der Waals surface area contributed by atoms with Crippen molar-refractivity contribution in [1.29, 1.82) is 0 Å². The van der Waals surface area contributed by atoms with E-state index in [0.29, 0.717) is 12.0 Å². The van der Waals surface area contributed by atoms with Crippen molar-refractivity contribution in [2.24, 2.45) is 0 Å². The number of fused-ring (bicyclic) bond motifs is 1. The summed E-state index contributed by atoms with van der Waals surface area (Å²) < 4.78 is 5.46. The van der Waals surface area contributed by atoms with Gasteiger partial charge in [-0.05, 0) is 26.0 Å². The van der Waals surface area contributed by atoms with E-state index in [2.05, 4.69) is 4.98 Å². The normalized spacial score (nSPS) is 10.5. The van der Waals surface area contributed by atoms with Crippen LogP contribution in [0.3, 0.4) is 0 Å². The summed E-state index contributed by atoms with van der Waals surface area (Å²) in [5.74, 6) is 0.732. The molecular formula is C12H13NO2. The van der Waals surface area contributed by atoms with Crippen molar-refractivity contribution in [2.45, 2.75) is 13.8 Å². The van der Waals surface area contributed by atoms with Crippen LogP contribution in [-0.2, 0) is 0 Å². The van der Waals surface area contributed by atoms with Crippen LogP contribution in [0.5, 0.6) is 5.75 Å². The standard InChI is InChI=1S/C12H13NO2/c1-3-15-11-6-4-5-9-10(14)7-8(2)13-12(9)11/h4-7H,3H2,1-2H3,(H,13,14). The molecule has 3 heteroatoms. The zero-order valence-electron chi connectivity index (χ0n) is 8.83. The molecule has 1 heterocycles. The highest BCUT2D eigenvalue weighted by Gasteiger charge is 2.04. The molecule has 0 fully saturated rings. The SMILES string of the molecule is CCOc1cccc2c(=O)cc(C)[nH]c12. The number of hydrogen-bond donors (Lipinski definition) is 1. The molecule has 0 aliphatic heterocycles. The minimum absolute atomic E-state index is 0.0304. The Bertz CT molecular complexity index is 543. The van der Waals surface area contributed by atoms with Crippen LogP contribution in [0.1, 0.15) is 12.6 Å². The Morgan fingerprint density at radius 1 is 1.40 bits per heavy atom. The smallest absolute Gasteiger partial charge is 0.189 e. The Balaban J connectivity index is 2.79. The molecular weight excluding hydrogens is 190 g/mol. The first kappa shape index (κ1) is 9.77. The van der Waals surface area contributed by atoms with Crippen molar-refractivity contribution >= 4 is 10.9 Å². The highest BCUT2D eigenvalue weighted by molar-refractivity contribution is 5.84. The van der Waals surface area contributed by atoms with Gasteiger partial charge in [0.15, 0.2) is 5.43 Å². The zero-order valence-corrected chi connectivity index (χ0v) is 8.83. The molecule has 0 unspecified atom stereocenters. The van der Waals surface area contributed by atoms with Gasteiger partial charge in [-0.25, -0.2) is 0 Å². The molecule has 0 saturated carbocycles. The van der Waals surface area contributed by atoms with Crippen LogP contribution in [0, 0.1) is 6.92 Å². The molecule has 0 atom stereocenters. The molecule has 15 heavy (non-hydrogen) atoms. The van der Waals surface area contributed by atoms with Crippen LogP contribution < -0.4 is 10.2 Å². The summed E-state index contributed by atoms with van der Waals surface area (Å²) in [6, 6.07) is 7.09. The Hall–Kier alpha value is -1.77. The summed E-state index contributed by atoms with van der Waals surface area (Å²) in [5, 5.41) is 0.673. The van der Waals surface area contributed by atoms with Crippen molar-refractivity contribution in [2.75, 3.05) is 6.61 Å². The molecule has 0 radical (unpaired) electrons. The molecule has 2 rings (SSSR count). The average molecular weight is 203 g/mol. The summed E-state index contributed by atoms with van der Waals surface area (Å²) >= 11 is 0. The monoisotopic (exact) mass is 203 g/mol. The number of H-pyrrole nitrogens is 1. The molecule has 0 amide bonds. The number of hydrogen-bond acceptors (Lipinski definition) is 2. The number of benzene rings is 1. The Morgan fingerprint density at radius 2 is 2.20 bits per heavy atom. The highest BCUT2D eigenvalue weighted by Crippen LogP contribution is 2.21. The topological polar surface area (TPSA) is 42.1 Å². The lowest BCUT2D eigenvalue weighted by Crippen LogP contribution is -2.04. The average Bonchev–Trinajstić information content (AvgIpc) is 2.19. The van der Waals surface area contributed by atoms with Crippen LogP contribution in [0.15, 0.2) is 29.1 Å². The molecule has 2 aromatic rings. The summed E-state index contributed by atoms with van der Waals surface area (Å²) in [6.45, 7) is 4.38. The maximum absolute atomic E-state index is 11.7. The summed E-state index contributed by atoms with van der Waals surface area (Å²) in [4.78, 5) is 14.8. The number of aromatic amines is 1. The van der Waals surface area contributed by atoms with Crippen molar-refractivity contribution < 1.29 is 4.74 Å². The predicted octanol–water partition coefficient (Wildman–Crippen LogP) is 2.24. The summed E-state index contributed by atoms with van der Waals surface area (Å²) in [5.41, 5.74) is 1.66. The van der Waals surface area contributed by atoms with Crippen molar-refractivity contribution in [3.63, 3.8) is 0 Å². The second-order valence-corrected chi connectivity index (χ2v) is 3.43. The number of aromatic nitrogens is 1. The lowest BCUT2D eigenvalue weighted by molar-refractivity contribution is 0.343. The molecule has 0 spiro atoms. The number of pyridine rings is 1. The van der Waals surface area contributed by atoms with E-state index in [0.717, 1.165) is 17.0 Å². The minimum atomic E-state index is 0.0304. The van der Waals surface area contributed by atoms with Crippen molar-refractivity contribution in [3.05, 3.63) is 40.2 Å². The highest BCUT2D eigenvalue weighted by atomic mass is 16.5. The Labute approximate surface area is 87.7 Å². The molecule has 3 nitrogen and oxygen atoms in total. The van der Waals surface area contributed by atoms with E-state index >= 15 is 0 Å². The fourth-order valence-electron chi connectivity index (χ4n) is 1.65. The van der Waals surface area contributed by atoms with Gasteiger partial charge >= 0.3 is 0 Å². The van der Waals surface area contributed by atoms with E-state index in [4.69, 9.17) is 4.74 Å². The first-order valence-corrected chi connectivity index (χ1v) is 4.98. The van der Waals surface area contributed by atoms with Crippen LogP contribution in [0.25, 0.3) is 10.9 Å². The number of rotatable bonds is 2. The largest absolute Gasteiger partial charge is 0.492 e. The fourth-order valence-corrected chi connectivity index (χ4v) is 1.65. The van der Waals surface area contributed by atoms with Crippen molar-refractivity contribution in [1.82, 2.24) is 4.98 Å². The quantitative estimate of drug-likeness (QED) is 0.813. The number of para-hydroxylation sites is 1. The maximum Gasteiger partial charge on any atom is 0.189 e. The van der Waals surface area contributed by atoms with Gasteiger partial charge in [0.25, 0.3) is 0 Å². The third kappa shape index (κ3) is 1.73. The van der Waals surface area contributed by atoms with E-state index in [1.54, 1.807) is 12.1 Å². The van der Waals surface area contributed by atoms with Crippen LogP contribution in [-0.4, -0.2) is 11.6 Å². The van der Waals surface area contributed by atoms with Gasteiger partial charge in [0.05, 0.1) is 12.1 Å². The molecule has 1 aromatic carbocycles. The zero-order chi connectivity index (χ0) is 10.8. The molecule has 1 N–H and O–H groups in total. The predicted molar refractivity (Wildman–Crippen MR) is 60.5 cm³/mol. The number of ether oxygens (including phenoxy) is 1. The van der Waals surface area contributed by atoms with Gasteiger partial charge in [0.2, 0.25) is 0 Å². The number of aryl methyl sites for hydroxylation is 1. The molecule has 78 valence electrons. The molecule has 0 aliphatic carbocycles. The maximum atomic E-state index is 11.7. The van der Waals surface area contributed by atoms with Gasteiger partial charge < -0.3 is 9.72 Å². The lowest BCUT2D eigenvalue weighted by Gasteiger charge is -2.07. The van der Waals surface area contributed by atoms with Crippen LogP contribution in [0.2, 0.25) is 0 Å². The van der Waals surface area contributed by atoms with Crippen molar-refractivity contribution in [3.8, 4) is 5.75 Å². The van der Waals surface area contributed by atoms with Gasteiger partial charge in [0, 0.05) is 17.1 Å². The second-order valence-electron chi connectivity index (χ2n) is 3.43. The van der Waals surface area contributed by atoms with E-state index in [1.807, 2.05) is 26.0 Å². The fraction of sp³-hybridized carbons (Fsp3) is 0.250. The van der Waals surface area contributed by atoms with E-state index < -0.39 is 0 Å². The third-order valence-electron chi connectivity index (χ3n) is 2.26. The van der Waals surface area contributed by atoms with Gasteiger partial charge in [-0.2, -0.15) is 0 Å². The first-order valence-electron chi connectivity index (χ1n) is 4.98. The van der Waals surface area contributed by atoms with Gasteiger partial charge in [-0.15, -0.1) is 0 Å². The summed E-state index contributed by atoms with van der Waals surface area (Å²) in [6.07, 6.45) is 0. The van der Waals surface area contributed by atoms with E-state index in [9.17, 15) is 4.79 Å². The summed E-state index contributed by atoms with van der Waals surface area (Å²) in [7, 11) is 0. The Morgan fingerprint density at radius 3 is 2.93 bits per heavy atom. The second kappa shape index (κ2) is 3.77. The molecule has 0 aliphatic rings. The number of nitrogens with one attached hydrogen (secondary N) is 1. The van der Waals surface area contributed by atoms with Gasteiger partial charge in [-0.3, -0.25) is 4.79 Å². The molecule has 0 bridgehead atoms. The van der Waals surface area contributed by atoms with E-state index in [1.165, 1.54) is 0 Å². The molecule has 1 aromatic heterocycles. The van der Waals surface area contributed by atoms with E-state index in [-0.39, 0.29) is 5.43 Å². The van der Waals surface area contributed by atoms with Gasteiger partial charge in [-0.1, -0.05) is 6.07 Å². The minimum Gasteiger partial charge on any atom is -0.492 e. The lowest BCUT2D eigenvalue weighted by atomic mass is 10.2. The van der Waals surface area contributed by atoms with Crippen LogP contribution in [0.4, 0.5) is 0 Å². The molecule has 0 saturated heterocycles. The van der Waals surface area contributed by atoms with Crippen LogP contribution >= 0.6 is 0 Å². The Kier molecular flexibility index (Phi) is 2.46.